The minimum absolute atomic E-state index is 0.768. The lowest BCUT2D eigenvalue weighted by Crippen LogP contribution is -2.47. The molecule has 112 valence electrons. The van der Waals surface area contributed by atoms with E-state index in [9.17, 15) is 0 Å². The van der Waals surface area contributed by atoms with Crippen LogP contribution in [0.25, 0.3) is 10.8 Å². The van der Waals surface area contributed by atoms with Crippen molar-refractivity contribution in [2.45, 2.75) is 6.92 Å². The second-order valence-electron chi connectivity index (χ2n) is 5.63. The zero-order chi connectivity index (χ0) is 14.5. The van der Waals surface area contributed by atoms with Crippen LogP contribution in [0.4, 0.5) is 0 Å². The van der Waals surface area contributed by atoms with Crippen LogP contribution in [0, 0.1) is 0 Å². The third-order valence-electron chi connectivity index (χ3n) is 4.31. The van der Waals surface area contributed by atoms with Crippen molar-refractivity contribution in [2.24, 2.45) is 0 Å². The van der Waals surface area contributed by atoms with Crippen LogP contribution in [0.3, 0.4) is 0 Å². The minimum atomic E-state index is 0.768. The Bertz CT molecular complexity index is 576. The molecule has 1 fully saturated rings. The monoisotopic (exact) mass is 284 g/mol. The first-order valence-electron chi connectivity index (χ1n) is 7.91. The molecule has 0 spiro atoms. The first-order chi connectivity index (χ1) is 10.3. The molecule has 3 nitrogen and oxygen atoms in total. The fraction of sp³-hybridized carbons (Fsp3) is 0.444. The number of hydrogen-bond donors (Lipinski definition) is 0. The van der Waals surface area contributed by atoms with Gasteiger partial charge < -0.3 is 9.64 Å². The number of hydrogen-bond acceptors (Lipinski definition) is 3. The predicted octanol–water partition coefficient (Wildman–Crippen LogP) is 2.86. The van der Waals surface area contributed by atoms with Crippen molar-refractivity contribution in [1.82, 2.24) is 9.80 Å². The minimum Gasteiger partial charge on any atom is -0.492 e. The van der Waals surface area contributed by atoms with Gasteiger partial charge in [-0.2, -0.15) is 0 Å². The van der Waals surface area contributed by atoms with Crippen LogP contribution in [0.5, 0.6) is 5.75 Å². The number of fused-ring (bicyclic) bond motifs is 1. The zero-order valence-electron chi connectivity index (χ0n) is 12.8. The largest absolute Gasteiger partial charge is 0.492 e. The molecule has 0 unspecified atom stereocenters. The van der Waals surface area contributed by atoms with Gasteiger partial charge in [-0.1, -0.05) is 37.3 Å². The summed E-state index contributed by atoms with van der Waals surface area (Å²) in [6.45, 7) is 9.89. The summed E-state index contributed by atoms with van der Waals surface area (Å²) < 4.78 is 5.91. The molecule has 0 radical (unpaired) electrons. The molecule has 0 aromatic heterocycles. The molecule has 0 aliphatic carbocycles. The van der Waals surface area contributed by atoms with Crippen molar-refractivity contribution in [3.63, 3.8) is 0 Å². The highest BCUT2D eigenvalue weighted by Gasteiger charge is 2.14. The summed E-state index contributed by atoms with van der Waals surface area (Å²) in [4.78, 5) is 4.99. The second kappa shape index (κ2) is 6.92. The summed E-state index contributed by atoms with van der Waals surface area (Å²) in [6, 6.07) is 14.7. The standard InChI is InChI=1S/C18H24N2O/c1-2-19-9-11-20(12-10-19)13-14-21-18-8-7-16-5-3-4-6-17(16)15-18/h3-8,15H,2,9-14H2,1H3. The number of ether oxygens (including phenoxy) is 1. The molecule has 0 N–H and O–H groups in total. The van der Waals surface area contributed by atoms with Crippen LogP contribution >= 0.6 is 0 Å². The Labute approximate surface area is 127 Å². The highest BCUT2D eigenvalue weighted by atomic mass is 16.5. The SMILES string of the molecule is CCN1CCN(CCOc2ccc3ccccc3c2)CC1. The molecule has 0 amide bonds. The highest BCUT2D eigenvalue weighted by molar-refractivity contribution is 5.83. The van der Waals surface area contributed by atoms with Gasteiger partial charge in [-0.05, 0) is 29.4 Å². The molecule has 1 aliphatic rings. The maximum atomic E-state index is 5.91. The Hall–Kier alpha value is -1.58. The highest BCUT2D eigenvalue weighted by Crippen LogP contribution is 2.20. The molecular weight excluding hydrogens is 260 g/mol. The molecule has 1 saturated heterocycles. The fourth-order valence-electron chi connectivity index (χ4n) is 2.88. The smallest absolute Gasteiger partial charge is 0.120 e. The lowest BCUT2D eigenvalue weighted by molar-refractivity contribution is 0.121. The van der Waals surface area contributed by atoms with Gasteiger partial charge in [-0.15, -0.1) is 0 Å². The number of benzene rings is 2. The molecule has 0 atom stereocenters. The van der Waals surface area contributed by atoms with Gasteiger partial charge in [0.1, 0.15) is 12.4 Å². The van der Waals surface area contributed by atoms with Crippen LogP contribution < -0.4 is 4.74 Å². The average Bonchev–Trinajstić information content (AvgIpc) is 2.55. The summed E-state index contributed by atoms with van der Waals surface area (Å²) in [5.74, 6) is 0.973. The summed E-state index contributed by atoms with van der Waals surface area (Å²) in [5.41, 5.74) is 0. The van der Waals surface area contributed by atoms with Gasteiger partial charge in [-0.25, -0.2) is 0 Å². The van der Waals surface area contributed by atoms with Gasteiger partial charge in [0.25, 0.3) is 0 Å². The Kier molecular flexibility index (Phi) is 4.73. The number of nitrogens with zero attached hydrogens (tertiary/aromatic N) is 2. The summed E-state index contributed by atoms with van der Waals surface area (Å²) in [7, 11) is 0. The zero-order valence-corrected chi connectivity index (χ0v) is 12.8. The number of rotatable bonds is 5. The maximum absolute atomic E-state index is 5.91. The lowest BCUT2D eigenvalue weighted by Gasteiger charge is -2.33. The molecule has 0 saturated carbocycles. The van der Waals surface area contributed by atoms with E-state index < -0.39 is 0 Å². The van der Waals surface area contributed by atoms with E-state index in [4.69, 9.17) is 4.74 Å². The Morgan fingerprint density at radius 2 is 1.62 bits per heavy atom. The van der Waals surface area contributed by atoms with Gasteiger partial charge in [0, 0.05) is 32.7 Å². The van der Waals surface area contributed by atoms with E-state index in [0.717, 1.165) is 32.0 Å². The van der Waals surface area contributed by atoms with Gasteiger partial charge in [0.05, 0.1) is 0 Å². The number of piperazine rings is 1. The molecule has 21 heavy (non-hydrogen) atoms. The van der Waals surface area contributed by atoms with Crippen molar-refractivity contribution in [2.75, 3.05) is 45.9 Å². The van der Waals surface area contributed by atoms with Gasteiger partial charge in [0.15, 0.2) is 0 Å². The number of likely N-dealkylation sites (N-methyl/N-ethyl adjacent to an activating group) is 1. The van der Waals surface area contributed by atoms with E-state index in [1.54, 1.807) is 0 Å². The Morgan fingerprint density at radius 3 is 2.38 bits per heavy atom. The maximum Gasteiger partial charge on any atom is 0.120 e. The van der Waals surface area contributed by atoms with Crippen LogP contribution in [-0.2, 0) is 0 Å². The molecule has 3 heteroatoms. The van der Waals surface area contributed by atoms with Crippen LogP contribution in [-0.4, -0.2) is 55.7 Å². The van der Waals surface area contributed by atoms with Gasteiger partial charge >= 0.3 is 0 Å². The van der Waals surface area contributed by atoms with Crippen molar-refractivity contribution >= 4 is 10.8 Å². The van der Waals surface area contributed by atoms with E-state index in [0.29, 0.717) is 0 Å². The summed E-state index contributed by atoms with van der Waals surface area (Å²) in [6.07, 6.45) is 0. The third-order valence-corrected chi connectivity index (χ3v) is 4.31. The third kappa shape index (κ3) is 3.74. The topological polar surface area (TPSA) is 15.7 Å². The summed E-state index contributed by atoms with van der Waals surface area (Å²) >= 11 is 0. The normalized spacial score (nSPS) is 17.2. The first kappa shape index (κ1) is 14.4. The second-order valence-corrected chi connectivity index (χ2v) is 5.63. The Morgan fingerprint density at radius 1 is 0.905 bits per heavy atom. The predicted molar refractivity (Wildman–Crippen MR) is 88.0 cm³/mol. The van der Waals surface area contributed by atoms with Gasteiger partial charge in [-0.3, -0.25) is 4.90 Å². The molecule has 3 rings (SSSR count). The van der Waals surface area contributed by atoms with E-state index in [-0.39, 0.29) is 0 Å². The Balaban J connectivity index is 1.48. The van der Waals surface area contributed by atoms with E-state index in [2.05, 4.69) is 59.2 Å². The molecule has 1 heterocycles. The molecule has 0 bridgehead atoms. The van der Waals surface area contributed by atoms with Crippen molar-refractivity contribution < 1.29 is 4.74 Å². The lowest BCUT2D eigenvalue weighted by atomic mass is 10.1. The molecule has 1 aliphatic heterocycles. The van der Waals surface area contributed by atoms with Crippen molar-refractivity contribution in [1.29, 1.82) is 0 Å². The van der Waals surface area contributed by atoms with Crippen LogP contribution in [0.2, 0.25) is 0 Å². The fourth-order valence-corrected chi connectivity index (χ4v) is 2.88. The first-order valence-corrected chi connectivity index (χ1v) is 7.91. The van der Waals surface area contributed by atoms with E-state index in [1.807, 2.05) is 0 Å². The summed E-state index contributed by atoms with van der Waals surface area (Å²) in [5, 5.41) is 2.51. The van der Waals surface area contributed by atoms with E-state index >= 15 is 0 Å². The van der Waals surface area contributed by atoms with E-state index in [1.165, 1.54) is 30.4 Å². The van der Waals surface area contributed by atoms with Gasteiger partial charge in [0.2, 0.25) is 0 Å². The molecule has 2 aromatic rings. The van der Waals surface area contributed by atoms with Crippen molar-refractivity contribution in [3.8, 4) is 5.75 Å². The average molecular weight is 284 g/mol. The van der Waals surface area contributed by atoms with Crippen LogP contribution in [0.15, 0.2) is 42.5 Å². The van der Waals surface area contributed by atoms with Crippen LogP contribution in [0.1, 0.15) is 6.92 Å². The van der Waals surface area contributed by atoms with Crippen molar-refractivity contribution in [3.05, 3.63) is 42.5 Å². The molecular formula is C18H24N2O. The molecule has 2 aromatic carbocycles. The quantitative estimate of drug-likeness (QED) is 0.839.